The first kappa shape index (κ1) is 16.3. The molecule has 15 heavy (non-hydrogen) atoms. The van der Waals surface area contributed by atoms with Gasteiger partial charge in [0, 0.05) is 21.6 Å². The minimum absolute atomic E-state index is 0.440. The summed E-state index contributed by atoms with van der Waals surface area (Å²) in [6.07, 6.45) is 6.72. The third-order valence-corrected chi connectivity index (χ3v) is 4.45. The lowest BCUT2D eigenvalue weighted by molar-refractivity contribution is 0.601. The van der Waals surface area contributed by atoms with E-state index in [4.69, 9.17) is 11.6 Å². The minimum Gasteiger partial charge on any atom is -0.176 e. The lowest BCUT2D eigenvalue weighted by Gasteiger charge is -2.15. The number of hydrogen-bond donors (Lipinski definition) is 3. The topological polar surface area (TPSA) is 0 Å². The molecule has 0 spiro atoms. The second-order valence-electron chi connectivity index (χ2n) is 4.00. The highest BCUT2D eigenvalue weighted by molar-refractivity contribution is 7.81. The van der Waals surface area contributed by atoms with Gasteiger partial charge in [-0.2, -0.15) is 37.9 Å². The number of hydrogen-bond acceptors (Lipinski definition) is 3. The van der Waals surface area contributed by atoms with Gasteiger partial charge in [-0.25, -0.2) is 0 Å². The molecule has 0 nitrogen and oxygen atoms in total. The van der Waals surface area contributed by atoms with E-state index >= 15 is 0 Å². The summed E-state index contributed by atoms with van der Waals surface area (Å²) < 4.78 is 0. The molecule has 0 bridgehead atoms. The maximum atomic E-state index is 5.66. The average Bonchev–Trinajstić information content (AvgIpc) is 2.23. The summed E-state index contributed by atoms with van der Waals surface area (Å²) in [7, 11) is 0. The first-order valence-electron chi connectivity index (χ1n) is 5.70. The van der Waals surface area contributed by atoms with E-state index in [9.17, 15) is 0 Å². The summed E-state index contributed by atoms with van der Waals surface area (Å²) in [4.78, 5) is 0. The fourth-order valence-corrected chi connectivity index (χ4v) is 2.53. The fraction of sp³-hybridized carbons (Fsp3) is 1.00. The van der Waals surface area contributed by atoms with Crippen molar-refractivity contribution in [1.82, 2.24) is 0 Å². The summed E-state index contributed by atoms with van der Waals surface area (Å²) >= 11 is 19.2. The number of rotatable bonds is 9. The van der Waals surface area contributed by atoms with Crippen LogP contribution in [0.1, 0.15) is 45.4 Å². The monoisotopic (exact) mass is 286 g/mol. The van der Waals surface area contributed by atoms with Crippen molar-refractivity contribution in [2.45, 2.75) is 61.2 Å². The predicted molar refractivity (Wildman–Crippen MR) is 82.4 cm³/mol. The first-order chi connectivity index (χ1) is 7.10. The van der Waals surface area contributed by atoms with E-state index in [0.717, 1.165) is 32.1 Å². The average molecular weight is 287 g/mol. The largest absolute Gasteiger partial charge is 0.176 e. The van der Waals surface area contributed by atoms with Crippen molar-refractivity contribution in [3.05, 3.63) is 0 Å². The van der Waals surface area contributed by atoms with Crippen molar-refractivity contribution >= 4 is 49.5 Å². The van der Waals surface area contributed by atoms with Gasteiger partial charge >= 0.3 is 0 Å². The minimum atomic E-state index is 0.440. The van der Waals surface area contributed by atoms with Crippen LogP contribution in [0.15, 0.2) is 0 Å². The lowest BCUT2D eigenvalue weighted by atomic mass is 10.1. The Morgan fingerprint density at radius 3 is 1.60 bits per heavy atom. The van der Waals surface area contributed by atoms with Crippen LogP contribution in [0.3, 0.4) is 0 Å². The summed E-state index contributed by atoms with van der Waals surface area (Å²) in [5.74, 6) is 0.708. The second-order valence-corrected chi connectivity index (χ2v) is 6.57. The molecular weight excluding hydrogens is 264 g/mol. The molecule has 0 aromatic carbocycles. The van der Waals surface area contributed by atoms with Gasteiger partial charge in [-0.15, -0.1) is 11.6 Å². The van der Waals surface area contributed by atoms with E-state index in [1.807, 2.05) is 0 Å². The highest BCUT2D eigenvalue weighted by atomic mass is 35.5. The Hall–Kier alpha value is 1.34. The molecular formula is C11H23ClS3. The van der Waals surface area contributed by atoms with Crippen molar-refractivity contribution < 1.29 is 0 Å². The van der Waals surface area contributed by atoms with Gasteiger partial charge in [0.25, 0.3) is 0 Å². The van der Waals surface area contributed by atoms with Crippen molar-refractivity contribution in [2.75, 3.05) is 5.88 Å². The third kappa shape index (κ3) is 10.2. The zero-order valence-electron chi connectivity index (χ0n) is 9.40. The standard InChI is InChI=1S/C11H23ClS3/c1-2-9(13)3-4-10(14)5-6-11(15)7-8-12/h9-11,13-15H,2-8H2,1H3. The summed E-state index contributed by atoms with van der Waals surface area (Å²) in [6.45, 7) is 2.18. The molecule has 0 aromatic rings. The molecule has 0 saturated heterocycles. The molecule has 0 aliphatic heterocycles. The molecule has 0 aliphatic rings. The molecule has 0 saturated carbocycles. The van der Waals surface area contributed by atoms with Crippen molar-refractivity contribution in [2.24, 2.45) is 0 Å². The Bertz CT molecular complexity index is 144. The molecule has 0 N–H and O–H groups in total. The summed E-state index contributed by atoms with van der Waals surface area (Å²) in [6, 6.07) is 0. The van der Waals surface area contributed by atoms with Crippen molar-refractivity contribution in [1.29, 1.82) is 0 Å². The molecule has 0 aliphatic carbocycles. The highest BCUT2D eigenvalue weighted by Gasteiger charge is 2.09. The Morgan fingerprint density at radius 2 is 1.20 bits per heavy atom. The van der Waals surface area contributed by atoms with Crippen LogP contribution < -0.4 is 0 Å². The zero-order chi connectivity index (χ0) is 11.7. The van der Waals surface area contributed by atoms with Crippen LogP contribution in [0.2, 0.25) is 0 Å². The van der Waals surface area contributed by atoms with E-state index in [1.165, 1.54) is 6.42 Å². The molecule has 0 aromatic heterocycles. The van der Waals surface area contributed by atoms with E-state index in [-0.39, 0.29) is 0 Å². The molecule has 4 heteroatoms. The highest BCUT2D eigenvalue weighted by Crippen LogP contribution is 2.20. The number of alkyl halides is 1. The molecule has 0 fully saturated rings. The van der Waals surface area contributed by atoms with Gasteiger partial charge in [-0.3, -0.25) is 0 Å². The van der Waals surface area contributed by atoms with Gasteiger partial charge in [-0.05, 0) is 38.5 Å². The van der Waals surface area contributed by atoms with E-state index < -0.39 is 0 Å². The Balaban J connectivity index is 3.44. The second kappa shape index (κ2) is 10.5. The zero-order valence-corrected chi connectivity index (χ0v) is 12.8. The van der Waals surface area contributed by atoms with Crippen LogP contribution in [0.5, 0.6) is 0 Å². The normalized spacial score (nSPS) is 17.4. The van der Waals surface area contributed by atoms with E-state index in [0.29, 0.717) is 21.6 Å². The molecule has 0 heterocycles. The van der Waals surface area contributed by atoms with Gasteiger partial charge in [0.2, 0.25) is 0 Å². The number of thiol groups is 3. The maximum Gasteiger partial charge on any atom is 0.0233 e. The maximum absolute atomic E-state index is 5.66. The van der Waals surface area contributed by atoms with Crippen LogP contribution in [-0.2, 0) is 0 Å². The lowest BCUT2D eigenvalue weighted by Crippen LogP contribution is -2.08. The van der Waals surface area contributed by atoms with Crippen molar-refractivity contribution in [3.63, 3.8) is 0 Å². The van der Waals surface area contributed by atoms with Gasteiger partial charge in [-0.1, -0.05) is 6.92 Å². The summed E-state index contributed by atoms with van der Waals surface area (Å²) in [5, 5.41) is 1.47. The predicted octanol–water partition coefficient (Wildman–Crippen LogP) is 4.48. The fourth-order valence-electron chi connectivity index (χ4n) is 1.39. The molecule has 3 unspecified atom stereocenters. The van der Waals surface area contributed by atoms with Crippen LogP contribution in [0, 0.1) is 0 Å². The quantitative estimate of drug-likeness (QED) is 0.404. The van der Waals surface area contributed by atoms with Gasteiger partial charge in [0.05, 0.1) is 0 Å². The van der Waals surface area contributed by atoms with Gasteiger partial charge in [0.1, 0.15) is 0 Å². The van der Waals surface area contributed by atoms with Gasteiger partial charge < -0.3 is 0 Å². The molecule has 0 rings (SSSR count). The Kier molecular flexibility index (Phi) is 11.4. The van der Waals surface area contributed by atoms with Crippen LogP contribution in [0.4, 0.5) is 0 Å². The van der Waals surface area contributed by atoms with Gasteiger partial charge in [0.15, 0.2) is 0 Å². The van der Waals surface area contributed by atoms with E-state index in [1.54, 1.807) is 0 Å². The first-order valence-corrected chi connectivity index (χ1v) is 7.78. The third-order valence-electron chi connectivity index (χ3n) is 2.58. The van der Waals surface area contributed by atoms with E-state index in [2.05, 4.69) is 44.8 Å². The molecule has 92 valence electrons. The van der Waals surface area contributed by atoms with Crippen LogP contribution in [-0.4, -0.2) is 21.6 Å². The Labute approximate surface area is 116 Å². The van der Waals surface area contributed by atoms with Crippen molar-refractivity contribution in [3.8, 4) is 0 Å². The van der Waals surface area contributed by atoms with Crippen LogP contribution in [0.25, 0.3) is 0 Å². The summed E-state index contributed by atoms with van der Waals surface area (Å²) in [5.41, 5.74) is 0. The SMILES string of the molecule is CCC(S)CCC(S)CCC(S)CCCl. The molecule has 0 amide bonds. The smallest absolute Gasteiger partial charge is 0.0233 e. The molecule has 0 radical (unpaired) electrons. The Morgan fingerprint density at radius 1 is 0.800 bits per heavy atom. The number of halogens is 1. The molecule has 3 atom stereocenters. The van der Waals surface area contributed by atoms with Crippen LogP contribution >= 0.6 is 49.5 Å².